The highest BCUT2D eigenvalue weighted by atomic mass is 16.6. The molecule has 0 saturated heterocycles. The van der Waals surface area contributed by atoms with Crippen LogP contribution in [0.15, 0.2) is 60.8 Å². The molecule has 0 amide bonds. The summed E-state index contributed by atoms with van der Waals surface area (Å²) in [5.74, 6) is -0.893. The summed E-state index contributed by atoms with van der Waals surface area (Å²) in [6.07, 6.45) is 70.7. The Morgan fingerprint density at radius 3 is 0.882 bits per heavy atom. The zero-order valence-corrected chi connectivity index (χ0v) is 45.1. The van der Waals surface area contributed by atoms with E-state index in [1.54, 1.807) is 0 Å². The van der Waals surface area contributed by atoms with Crippen molar-refractivity contribution in [3.05, 3.63) is 60.8 Å². The lowest BCUT2D eigenvalue weighted by molar-refractivity contribution is -0.167. The largest absolute Gasteiger partial charge is 0.462 e. The number of carbonyl (C=O) groups is 3. The van der Waals surface area contributed by atoms with E-state index in [9.17, 15) is 14.4 Å². The van der Waals surface area contributed by atoms with E-state index >= 15 is 0 Å². The summed E-state index contributed by atoms with van der Waals surface area (Å²) in [7, 11) is 0. The molecule has 0 bridgehead atoms. The molecule has 0 fully saturated rings. The molecular weight excluding hydrogens is 841 g/mol. The second kappa shape index (κ2) is 56.7. The van der Waals surface area contributed by atoms with Gasteiger partial charge in [0.15, 0.2) is 6.10 Å². The van der Waals surface area contributed by atoms with Crippen molar-refractivity contribution in [1.82, 2.24) is 0 Å². The van der Waals surface area contributed by atoms with E-state index in [2.05, 4.69) is 81.5 Å². The normalized spacial score (nSPS) is 12.5. The number of rotatable bonds is 53. The van der Waals surface area contributed by atoms with Crippen molar-refractivity contribution in [2.24, 2.45) is 0 Å². The van der Waals surface area contributed by atoms with Crippen molar-refractivity contribution in [3.8, 4) is 0 Å². The van der Waals surface area contributed by atoms with Crippen LogP contribution in [-0.2, 0) is 28.6 Å². The first-order valence-corrected chi connectivity index (χ1v) is 29.3. The zero-order valence-electron chi connectivity index (χ0n) is 45.1. The van der Waals surface area contributed by atoms with Gasteiger partial charge in [0.05, 0.1) is 0 Å². The minimum atomic E-state index is -0.783. The van der Waals surface area contributed by atoms with Crippen LogP contribution in [0.2, 0.25) is 0 Å². The highest BCUT2D eigenvalue weighted by molar-refractivity contribution is 5.71. The van der Waals surface area contributed by atoms with Crippen molar-refractivity contribution < 1.29 is 28.6 Å². The molecule has 0 rings (SSSR count). The minimum absolute atomic E-state index is 0.0815. The monoisotopic (exact) mass is 951 g/mol. The molecule has 0 radical (unpaired) electrons. The molecule has 0 spiro atoms. The average molecular weight is 952 g/mol. The molecule has 0 aliphatic rings. The number of unbranched alkanes of at least 4 members (excludes halogenated alkanes) is 32. The van der Waals surface area contributed by atoms with Gasteiger partial charge in [0.2, 0.25) is 0 Å². The van der Waals surface area contributed by atoms with E-state index in [-0.39, 0.29) is 31.1 Å². The van der Waals surface area contributed by atoms with Crippen LogP contribution < -0.4 is 0 Å². The topological polar surface area (TPSA) is 78.9 Å². The summed E-state index contributed by atoms with van der Waals surface area (Å²) in [5, 5.41) is 0. The third-order valence-electron chi connectivity index (χ3n) is 12.7. The van der Waals surface area contributed by atoms with Crippen LogP contribution in [0.1, 0.15) is 297 Å². The molecule has 394 valence electrons. The Labute approximate surface area is 421 Å². The summed E-state index contributed by atoms with van der Waals surface area (Å²) in [6, 6.07) is 0. The van der Waals surface area contributed by atoms with Gasteiger partial charge in [0.25, 0.3) is 0 Å². The molecule has 0 aliphatic heterocycles. The Hall–Kier alpha value is -2.89. The summed E-state index contributed by atoms with van der Waals surface area (Å²) in [5.41, 5.74) is 0. The molecule has 6 heteroatoms. The lowest BCUT2D eigenvalue weighted by atomic mass is 10.1. The summed E-state index contributed by atoms with van der Waals surface area (Å²) in [4.78, 5) is 38.1. The maximum Gasteiger partial charge on any atom is 0.306 e. The summed E-state index contributed by atoms with van der Waals surface area (Å²) >= 11 is 0. The first kappa shape index (κ1) is 65.1. The van der Waals surface area contributed by atoms with Gasteiger partial charge >= 0.3 is 17.9 Å². The van der Waals surface area contributed by atoms with Gasteiger partial charge in [-0.2, -0.15) is 0 Å². The molecule has 0 aromatic carbocycles. The molecular formula is C62H110O6. The Morgan fingerprint density at radius 1 is 0.294 bits per heavy atom. The maximum atomic E-state index is 12.8. The fourth-order valence-electron chi connectivity index (χ4n) is 8.25. The van der Waals surface area contributed by atoms with Crippen LogP contribution in [0.25, 0.3) is 0 Å². The van der Waals surface area contributed by atoms with Crippen LogP contribution >= 0.6 is 0 Å². The number of allylic oxidation sites excluding steroid dienone is 10. The van der Waals surface area contributed by atoms with E-state index in [0.717, 1.165) is 83.5 Å². The highest BCUT2D eigenvalue weighted by Crippen LogP contribution is 2.15. The van der Waals surface area contributed by atoms with Crippen LogP contribution in [-0.4, -0.2) is 37.2 Å². The molecule has 1 unspecified atom stereocenters. The molecule has 0 aliphatic carbocycles. The standard InChI is InChI=1S/C62H110O6/c1-4-7-10-13-16-19-22-24-26-28-30-31-32-34-35-37-40-43-46-49-52-55-61(64)67-58-59(57-66-60(63)54-51-48-45-42-39-21-18-15-12-9-6-3)68-62(65)56-53-50-47-44-41-38-36-33-29-27-25-23-20-17-14-11-8-5-2/h15,18,20,22-24,27-30,59H,4-14,16-17,19,21,25-26,31-58H2,1-3H3/b18-15-,23-20-,24-22-,29-27-,30-28-. The van der Waals surface area contributed by atoms with Gasteiger partial charge in [-0.15, -0.1) is 0 Å². The molecule has 0 saturated carbocycles. The molecule has 0 aromatic rings. The quantitative estimate of drug-likeness (QED) is 0.0262. The molecule has 0 heterocycles. The Bertz CT molecular complexity index is 1230. The average Bonchev–Trinajstić information content (AvgIpc) is 3.34. The molecule has 0 N–H and O–H groups in total. The van der Waals surface area contributed by atoms with Gasteiger partial charge in [-0.05, 0) is 103 Å². The molecule has 68 heavy (non-hydrogen) atoms. The Morgan fingerprint density at radius 2 is 0.544 bits per heavy atom. The fourth-order valence-corrected chi connectivity index (χ4v) is 8.25. The molecule has 1 atom stereocenters. The van der Waals surface area contributed by atoms with E-state index in [4.69, 9.17) is 14.2 Å². The third-order valence-corrected chi connectivity index (χ3v) is 12.7. The van der Waals surface area contributed by atoms with Gasteiger partial charge in [-0.1, -0.05) is 236 Å². The molecule has 0 aromatic heterocycles. The maximum absolute atomic E-state index is 12.8. The van der Waals surface area contributed by atoms with Crippen molar-refractivity contribution in [2.45, 2.75) is 303 Å². The Balaban J connectivity index is 4.33. The lowest BCUT2D eigenvalue weighted by Gasteiger charge is -2.18. The SMILES string of the molecule is CCCC/C=C\CCCCCCCC(=O)OCC(COC(=O)CCCCCCCCCCC/C=C\C/C=C\CCCCCCC)OC(=O)CCCCCCCCC/C=C\C/C=C\CCCCCC. The first-order chi connectivity index (χ1) is 33.5. The number of ether oxygens (including phenoxy) is 3. The van der Waals surface area contributed by atoms with Crippen LogP contribution in [0, 0.1) is 0 Å². The van der Waals surface area contributed by atoms with Gasteiger partial charge < -0.3 is 14.2 Å². The first-order valence-electron chi connectivity index (χ1n) is 29.3. The van der Waals surface area contributed by atoms with Crippen molar-refractivity contribution in [3.63, 3.8) is 0 Å². The second-order valence-electron chi connectivity index (χ2n) is 19.5. The van der Waals surface area contributed by atoms with E-state index < -0.39 is 6.10 Å². The lowest BCUT2D eigenvalue weighted by Crippen LogP contribution is -2.30. The van der Waals surface area contributed by atoms with Crippen LogP contribution in [0.5, 0.6) is 0 Å². The fraction of sp³-hybridized carbons (Fsp3) is 0.790. The predicted octanol–water partition coefficient (Wildman–Crippen LogP) is 19.6. The van der Waals surface area contributed by atoms with Gasteiger partial charge in [0.1, 0.15) is 13.2 Å². The zero-order chi connectivity index (χ0) is 49.3. The smallest absolute Gasteiger partial charge is 0.306 e. The Kier molecular flexibility index (Phi) is 54.3. The number of esters is 3. The molecule has 6 nitrogen and oxygen atoms in total. The van der Waals surface area contributed by atoms with Gasteiger partial charge in [-0.3, -0.25) is 14.4 Å². The van der Waals surface area contributed by atoms with Gasteiger partial charge in [-0.25, -0.2) is 0 Å². The van der Waals surface area contributed by atoms with Crippen LogP contribution in [0.3, 0.4) is 0 Å². The van der Waals surface area contributed by atoms with E-state index in [1.807, 2.05) is 0 Å². The summed E-state index contributed by atoms with van der Waals surface area (Å²) < 4.78 is 16.8. The number of hydrogen-bond donors (Lipinski definition) is 0. The number of hydrogen-bond acceptors (Lipinski definition) is 6. The second-order valence-corrected chi connectivity index (χ2v) is 19.5. The van der Waals surface area contributed by atoms with Crippen LogP contribution in [0.4, 0.5) is 0 Å². The van der Waals surface area contributed by atoms with Crippen molar-refractivity contribution >= 4 is 17.9 Å². The van der Waals surface area contributed by atoms with Crippen molar-refractivity contribution in [2.75, 3.05) is 13.2 Å². The van der Waals surface area contributed by atoms with E-state index in [0.29, 0.717) is 19.3 Å². The van der Waals surface area contributed by atoms with E-state index in [1.165, 1.54) is 173 Å². The minimum Gasteiger partial charge on any atom is -0.462 e. The highest BCUT2D eigenvalue weighted by Gasteiger charge is 2.19. The van der Waals surface area contributed by atoms with Crippen molar-refractivity contribution in [1.29, 1.82) is 0 Å². The van der Waals surface area contributed by atoms with Gasteiger partial charge in [0, 0.05) is 19.3 Å². The predicted molar refractivity (Wildman–Crippen MR) is 293 cm³/mol. The summed E-state index contributed by atoms with van der Waals surface area (Å²) in [6.45, 7) is 6.58. The number of carbonyl (C=O) groups excluding carboxylic acids is 3. The third kappa shape index (κ3) is 54.1.